The summed E-state index contributed by atoms with van der Waals surface area (Å²) in [4.78, 5) is 20.3. The summed E-state index contributed by atoms with van der Waals surface area (Å²) in [6.07, 6.45) is 0.551. The lowest BCUT2D eigenvalue weighted by Gasteiger charge is -1.99. The van der Waals surface area contributed by atoms with E-state index in [2.05, 4.69) is 0 Å². The van der Waals surface area contributed by atoms with Gasteiger partial charge in [-0.25, -0.2) is 0 Å². The van der Waals surface area contributed by atoms with Crippen LogP contribution in [0.15, 0.2) is 0 Å². The highest BCUT2D eigenvalue weighted by Gasteiger charge is 2.57. The van der Waals surface area contributed by atoms with E-state index in [4.69, 9.17) is 10.2 Å². The van der Waals surface area contributed by atoms with Crippen LogP contribution in [0.5, 0.6) is 0 Å². The molecule has 1 aliphatic rings. The Hall–Kier alpha value is -0.480. The normalized spacial score (nSPS) is 17.1. The molecule has 4 nitrogen and oxygen atoms in total. The molecule has 1 aliphatic carbocycles. The van der Waals surface area contributed by atoms with Crippen molar-refractivity contribution in [2.24, 2.45) is 5.41 Å². The largest absolute Gasteiger partial charge is 0.480 e. The van der Waals surface area contributed by atoms with Crippen molar-refractivity contribution in [2.75, 3.05) is 0 Å². The molecule has 0 spiro atoms. The third-order valence-corrected chi connectivity index (χ3v) is 1.57. The highest BCUT2D eigenvalue weighted by atomic mass is 35.5. The van der Waals surface area contributed by atoms with Crippen LogP contribution in [-0.4, -0.2) is 22.2 Å². The maximum Gasteiger partial charge on any atom is 0.321 e. The first-order valence-electron chi connectivity index (χ1n) is 2.56. The number of hydrogen-bond donors (Lipinski definition) is 2. The molecule has 1 rings (SSSR count). The first-order valence-corrected chi connectivity index (χ1v) is 2.56. The summed E-state index contributed by atoms with van der Waals surface area (Å²) in [6, 6.07) is 0. The van der Waals surface area contributed by atoms with Crippen LogP contribution in [0.2, 0.25) is 0 Å². The molecule has 66 valence electrons. The second-order valence-corrected chi connectivity index (χ2v) is 2.19. The SMILES string of the molecule is Cl.Cl.O=C(O)C1(C(=O)O)CC1. The summed E-state index contributed by atoms with van der Waals surface area (Å²) >= 11 is 0. The Bertz CT molecular complexity index is 159. The van der Waals surface area contributed by atoms with E-state index in [-0.39, 0.29) is 37.7 Å². The molecule has 0 saturated heterocycles. The topological polar surface area (TPSA) is 74.6 Å². The third kappa shape index (κ3) is 1.97. The van der Waals surface area contributed by atoms with Gasteiger partial charge in [0, 0.05) is 0 Å². The van der Waals surface area contributed by atoms with Crippen molar-refractivity contribution in [3.63, 3.8) is 0 Å². The minimum atomic E-state index is -1.42. The minimum Gasteiger partial charge on any atom is -0.480 e. The summed E-state index contributed by atoms with van der Waals surface area (Å²) in [7, 11) is 0. The zero-order valence-electron chi connectivity index (χ0n) is 5.44. The summed E-state index contributed by atoms with van der Waals surface area (Å²) < 4.78 is 0. The molecular weight excluding hydrogens is 195 g/mol. The van der Waals surface area contributed by atoms with Crippen LogP contribution in [-0.2, 0) is 9.59 Å². The Morgan fingerprint density at radius 2 is 1.27 bits per heavy atom. The lowest BCUT2D eigenvalue weighted by atomic mass is 10.1. The molecule has 0 bridgehead atoms. The lowest BCUT2D eigenvalue weighted by molar-refractivity contribution is -0.156. The molecule has 0 unspecified atom stereocenters. The Morgan fingerprint density at radius 1 is 1.00 bits per heavy atom. The Kier molecular flexibility index (Phi) is 4.51. The van der Waals surface area contributed by atoms with E-state index < -0.39 is 17.4 Å². The zero-order chi connectivity index (χ0) is 7.07. The smallest absolute Gasteiger partial charge is 0.321 e. The van der Waals surface area contributed by atoms with Crippen LogP contribution in [0.4, 0.5) is 0 Å². The standard InChI is InChI=1S/C5H6O4.2ClH/c6-3(7)5(1-2-5)4(8)9;;/h1-2H2,(H,6,7)(H,8,9);2*1H. The van der Waals surface area contributed by atoms with Gasteiger partial charge in [0.2, 0.25) is 0 Å². The van der Waals surface area contributed by atoms with E-state index in [0.717, 1.165) is 0 Å². The van der Waals surface area contributed by atoms with Gasteiger partial charge in [0.1, 0.15) is 0 Å². The van der Waals surface area contributed by atoms with Gasteiger partial charge in [-0.3, -0.25) is 9.59 Å². The van der Waals surface area contributed by atoms with Gasteiger partial charge in [-0.2, -0.15) is 0 Å². The van der Waals surface area contributed by atoms with Crippen LogP contribution < -0.4 is 0 Å². The third-order valence-electron chi connectivity index (χ3n) is 1.57. The van der Waals surface area contributed by atoms with Gasteiger partial charge in [0.25, 0.3) is 0 Å². The molecular formula is C5H8Cl2O4. The summed E-state index contributed by atoms with van der Waals surface area (Å²) in [6.45, 7) is 0. The van der Waals surface area contributed by atoms with Crippen molar-refractivity contribution < 1.29 is 19.8 Å². The first kappa shape index (κ1) is 13.1. The molecule has 0 heterocycles. The number of carbonyl (C=O) groups is 2. The van der Waals surface area contributed by atoms with Gasteiger partial charge in [0.15, 0.2) is 5.41 Å². The second-order valence-electron chi connectivity index (χ2n) is 2.19. The molecule has 0 atom stereocenters. The molecule has 0 aromatic rings. The van der Waals surface area contributed by atoms with E-state index in [9.17, 15) is 9.59 Å². The predicted molar refractivity (Wildman–Crippen MR) is 41.4 cm³/mol. The van der Waals surface area contributed by atoms with Crippen molar-refractivity contribution in [1.29, 1.82) is 0 Å². The second kappa shape index (κ2) is 3.78. The molecule has 1 fully saturated rings. The molecule has 11 heavy (non-hydrogen) atoms. The van der Waals surface area contributed by atoms with Crippen molar-refractivity contribution in [2.45, 2.75) is 12.8 Å². The maximum absolute atomic E-state index is 10.1. The molecule has 0 radical (unpaired) electrons. The molecule has 6 heteroatoms. The van der Waals surface area contributed by atoms with Crippen molar-refractivity contribution in [1.82, 2.24) is 0 Å². The fourth-order valence-corrected chi connectivity index (χ4v) is 0.644. The number of carboxylic acids is 2. The first-order chi connectivity index (χ1) is 4.09. The summed E-state index contributed by atoms with van der Waals surface area (Å²) in [5.74, 6) is -2.43. The summed E-state index contributed by atoms with van der Waals surface area (Å²) in [5, 5.41) is 16.6. The van der Waals surface area contributed by atoms with Crippen molar-refractivity contribution >= 4 is 36.8 Å². The predicted octanol–water partition coefficient (Wildman–Crippen LogP) is 0.779. The number of rotatable bonds is 2. The fourth-order valence-electron chi connectivity index (χ4n) is 0.644. The molecule has 2 N–H and O–H groups in total. The van der Waals surface area contributed by atoms with E-state index in [0.29, 0.717) is 0 Å². The Labute approximate surface area is 75.4 Å². The van der Waals surface area contributed by atoms with E-state index in [1.54, 1.807) is 0 Å². The average Bonchev–Trinajstić information content (AvgIpc) is 2.40. The molecule has 0 aliphatic heterocycles. The van der Waals surface area contributed by atoms with Gasteiger partial charge >= 0.3 is 11.9 Å². The summed E-state index contributed by atoms with van der Waals surface area (Å²) in [5.41, 5.74) is -1.42. The van der Waals surface area contributed by atoms with Crippen LogP contribution in [0.25, 0.3) is 0 Å². The van der Waals surface area contributed by atoms with Crippen LogP contribution in [0.3, 0.4) is 0 Å². The molecule has 1 saturated carbocycles. The molecule has 0 amide bonds. The van der Waals surface area contributed by atoms with Gasteiger partial charge in [-0.15, -0.1) is 24.8 Å². The average molecular weight is 203 g/mol. The van der Waals surface area contributed by atoms with Crippen molar-refractivity contribution in [3.8, 4) is 0 Å². The van der Waals surface area contributed by atoms with Gasteiger partial charge in [-0.05, 0) is 12.8 Å². The molecule has 0 aromatic carbocycles. The Morgan fingerprint density at radius 3 is 1.27 bits per heavy atom. The highest BCUT2D eigenvalue weighted by Crippen LogP contribution is 2.45. The molecule has 0 aromatic heterocycles. The minimum absolute atomic E-state index is 0. The van der Waals surface area contributed by atoms with Gasteiger partial charge in [-0.1, -0.05) is 0 Å². The van der Waals surface area contributed by atoms with E-state index >= 15 is 0 Å². The van der Waals surface area contributed by atoms with Gasteiger partial charge in [0.05, 0.1) is 0 Å². The Balaban J connectivity index is 0. The highest BCUT2D eigenvalue weighted by molar-refractivity contribution is 6.01. The monoisotopic (exact) mass is 202 g/mol. The van der Waals surface area contributed by atoms with Crippen LogP contribution in [0.1, 0.15) is 12.8 Å². The van der Waals surface area contributed by atoms with Crippen LogP contribution >= 0.6 is 24.8 Å². The van der Waals surface area contributed by atoms with E-state index in [1.165, 1.54) is 0 Å². The fraction of sp³-hybridized carbons (Fsp3) is 0.600. The number of aliphatic carboxylic acids is 2. The number of halogens is 2. The van der Waals surface area contributed by atoms with E-state index in [1.807, 2.05) is 0 Å². The zero-order valence-corrected chi connectivity index (χ0v) is 7.07. The number of carboxylic acid groups (broad SMARTS) is 2. The maximum atomic E-state index is 10.1. The quantitative estimate of drug-likeness (QED) is 0.650. The number of hydrogen-bond acceptors (Lipinski definition) is 2. The lowest BCUT2D eigenvalue weighted by Crippen LogP contribution is -2.24. The van der Waals surface area contributed by atoms with Gasteiger partial charge < -0.3 is 10.2 Å². The van der Waals surface area contributed by atoms with Crippen LogP contribution in [0, 0.1) is 5.41 Å². The van der Waals surface area contributed by atoms with Crippen molar-refractivity contribution in [3.05, 3.63) is 0 Å².